The first-order valence-corrected chi connectivity index (χ1v) is 9.20. The van der Waals surface area contributed by atoms with Gasteiger partial charge in [-0.25, -0.2) is 13.1 Å². The highest BCUT2D eigenvalue weighted by Crippen LogP contribution is 2.31. The zero-order chi connectivity index (χ0) is 13.9. The minimum Gasteiger partial charge on any atom is -0.281 e. The van der Waals surface area contributed by atoms with Gasteiger partial charge in [0.05, 0.1) is 11.9 Å². The second kappa shape index (κ2) is 6.37. The second-order valence-corrected chi connectivity index (χ2v) is 7.55. The SMILES string of the molecule is Cc1[nH]ncc1S(=O)(=O)NCC1CCCCC1CBr. The van der Waals surface area contributed by atoms with Crippen LogP contribution in [0.5, 0.6) is 0 Å². The smallest absolute Gasteiger partial charge is 0.243 e. The lowest BCUT2D eigenvalue weighted by molar-refractivity contribution is 0.263. The van der Waals surface area contributed by atoms with E-state index in [1.165, 1.54) is 25.5 Å². The number of halogens is 1. The van der Waals surface area contributed by atoms with Crippen LogP contribution >= 0.6 is 15.9 Å². The van der Waals surface area contributed by atoms with Crippen LogP contribution in [0.4, 0.5) is 0 Å². The molecule has 0 radical (unpaired) electrons. The van der Waals surface area contributed by atoms with Gasteiger partial charge in [0.2, 0.25) is 10.0 Å². The lowest BCUT2D eigenvalue weighted by Crippen LogP contribution is -2.35. The van der Waals surface area contributed by atoms with Crippen molar-refractivity contribution in [2.75, 3.05) is 11.9 Å². The maximum absolute atomic E-state index is 12.2. The Morgan fingerprint density at radius 3 is 2.68 bits per heavy atom. The monoisotopic (exact) mass is 349 g/mol. The predicted octanol–water partition coefficient (Wildman–Crippen LogP) is 2.20. The summed E-state index contributed by atoms with van der Waals surface area (Å²) in [5, 5.41) is 7.37. The number of alkyl halides is 1. The lowest BCUT2D eigenvalue weighted by Gasteiger charge is -2.30. The summed E-state index contributed by atoms with van der Waals surface area (Å²) in [6, 6.07) is 0. The molecule has 1 aromatic heterocycles. The van der Waals surface area contributed by atoms with Gasteiger partial charge in [-0.2, -0.15) is 5.10 Å². The summed E-state index contributed by atoms with van der Waals surface area (Å²) in [6.45, 7) is 2.23. The molecule has 0 saturated heterocycles. The van der Waals surface area contributed by atoms with Gasteiger partial charge in [0.15, 0.2) is 0 Å². The third kappa shape index (κ3) is 3.58. The molecule has 108 valence electrons. The molecule has 2 rings (SSSR count). The van der Waals surface area contributed by atoms with Crippen molar-refractivity contribution in [3.8, 4) is 0 Å². The minimum atomic E-state index is -3.44. The number of sulfonamides is 1. The fourth-order valence-corrected chi connectivity index (χ4v) is 4.74. The molecule has 0 aromatic carbocycles. The molecule has 0 spiro atoms. The van der Waals surface area contributed by atoms with Crippen molar-refractivity contribution in [2.24, 2.45) is 11.8 Å². The highest BCUT2D eigenvalue weighted by atomic mass is 79.9. The number of hydrogen-bond acceptors (Lipinski definition) is 3. The topological polar surface area (TPSA) is 74.8 Å². The molecule has 2 N–H and O–H groups in total. The van der Waals surface area contributed by atoms with E-state index < -0.39 is 10.0 Å². The van der Waals surface area contributed by atoms with E-state index in [9.17, 15) is 8.42 Å². The number of H-pyrrole nitrogens is 1. The van der Waals surface area contributed by atoms with E-state index in [-0.39, 0.29) is 4.90 Å². The molecule has 0 aliphatic heterocycles. The Morgan fingerprint density at radius 1 is 1.42 bits per heavy atom. The van der Waals surface area contributed by atoms with E-state index in [1.807, 2.05) is 0 Å². The molecule has 19 heavy (non-hydrogen) atoms. The first kappa shape index (κ1) is 15.0. The Bertz CT molecular complexity index is 515. The highest BCUT2D eigenvalue weighted by molar-refractivity contribution is 9.09. The Hall–Kier alpha value is -0.400. The van der Waals surface area contributed by atoms with Gasteiger partial charge in [0, 0.05) is 11.9 Å². The summed E-state index contributed by atoms with van der Waals surface area (Å²) in [6.07, 6.45) is 6.09. The molecule has 1 aromatic rings. The third-order valence-electron chi connectivity index (χ3n) is 3.87. The summed E-state index contributed by atoms with van der Waals surface area (Å²) >= 11 is 3.53. The Kier molecular flexibility index (Phi) is 5.03. The van der Waals surface area contributed by atoms with Crippen molar-refractivity contribution in [2.45, 2.75) is 37.5 Å². The molecule has 2 unspecified atom stereocenters. The molecule has 2 atom stereocenters. The van der Waals surface area contributed by atoms with Crippen molar-refractivity contribution in [1.29, 1.82) is 0 Å². The lowest BCUT2D eigenvalue weighted by atomic mass is 9.80. The number of nitrogens with one attached hydrogen (secondary N) is 2. The van der Waals surface area contributed by atoms with Crippen LogP contribution in [0.3, 0.4) is 0 Å². The molecule has 1 saturated carbocycles. The zero-order valence-electron chi connectivity index (χ0n) is 11.0. The number of aromatic nitrogens is 2. The van der Waals surface area contributed by atoms with Crippen LogP contribution in [0.15, 0.2) is 11.1 Å². The van der Waals surface area contributed by atoms with Crippen LogP contribution < -0.4 is 4.72 Å². The predicted molar refractivity (Wildman–Crippen MR) is 77.8 cm³/mol. The van der Waals surface area contributed by atoms with Crippen LogP contribution in [0, 0.1) is 18.8 Å². The Balaban J connectivity index is 2.00. The van der Waals surface area contributed by atoms with Gasteiger partial charge >= 0.3 is 0 Å². The molecule has 0 bridgehead atoms. The highest BCUT2D eigenvalue weighted by Gasteiger charge is 2.26. The summed E-state index contributed by atoms with van der Waals surface area (Å²) in [5.41, 5.74) is 0.577. The van der Waals surface area contributed by atoms with Gasteiger partial charge in [0.25, 0.3) is 0 Å². The second-order valence-electron chi connectivity index (χ2n) is 5.17. The van der Waals surface area contributed by atoms with E-state index >= 15 is 0 Å². The van der Waals surface area contributed by atoms with Crippen LogP contribution in [-0.2, 0) is 10.0 Å². The normalized spacial score (nSPS) is 24.5. The van der Waals surface area contributed by atoms with Gasteiger partial charge < -0.3 is 0 Å². The van der Waals surface area contributed by atoms with Gasteiger partial charge in [-0.3, -0.25) is 5.10 Å². The summed E-state index contributed by atoms with van der Waals surface area (Å²) in [4.78, 5) is 0.249. The maximum Gasteiger partial charge on any atom is 0.243 e. The van der Waals surface area contributed by atoms with Crippen molar-refractivity contribution >= 4 is 26.0 Å². The zero-order valence-corrected chi connectivity index (χ0v) is 13.4. The van der Waals surface area contributed by atoms with Crippen molar-refractivity contribution < 1.29 is 8.42 Å². The van der Waals surface area contributed by atoms with E-state index in [0.717, 1.165) is 11.8 Å². The number of nitrogens with zero attached hydrogens (tertiary/aromatic N) is 1. The fourth-order valence-electron chi connectivity index (χ4n) is 2.66. The van der Waals surface area contributed by atoms with Crippen molar-refractivity contribution in [1.82, 2.24) is 14.9 Å². The average Bonchev–Trinajstić information content (AvgIpc) is 2.84. The number of aryl methyl sites for hydroxylation is 1. The molecular formula is C12H20BrN3O2S. The van der Waals surface area contributed by atoms with Crippen LogP contribution in [0.2, 0.25) is 0 Å². The summed E-state index contributed by atoms with van der Waals surface area (Å²) < 4.78 is 27.1. The van der Waals surface area contributed by atoms with Gasteiger partial charge in [-0.05, 0) is 31.6 Å². The summed E-state index contributed by atoms with van der Waals surface area (Å²) in [7, 11) is -3.44. The average molecular weight is 350 g/mol. The molecule has 7 heteroatoms. The molecule has 1 aliphatic carbocycles. The third-order valence-corrected chi connectivity index (χ3v) is 6.24. The van der Waals surface area contributed by atoms with Gasteiger partial charge in [-0.1, -0.05) is 28.8 Å². The van der Waals surface area contributed by atoms with Crippen LogP contribution in [0.25, 0.3) is 0 Å². The van der Waals surface area contributed by atoms with Crippen LogP contribution in [0.1, 0.15) is 31.4 Å². The Morgan fingerprint density at radius 2 is 2.11 bits per heavy atom. The molecular weight excluding hydrogens is 330 g/mol. The number of hydrogen-bond donors (Lipinski definition) is 2. The van der Waals surface area contributed by atoms with Gasteiger partial charge in [0.1, 0.15) is 4.90 Å². The maximum atomic E-state index is 12.2. The molecule has 1 heterocycles. The molecule has 5 nitrogen and oxygen atoms in total. The van der Waals surface area contributed by atoms with E-state index in [4.69, 9.17) is 0 Å². The molecule has 1 fully saturated rings. The molecule has 1 aliphatic rings. The molecule has 0 amide bonds. The van der Waals surface area contributed by atoms with Crippen molar-refractivity contribution in [3.05, 3.63) is 11.9 Å². The Labute approximate surface area is 122 Å². The van der Waals surface area contributed by atoms with E-state index in [1.54, 1.807) is 6.92 Å². The summed E-state index contributed by atoms with van der Waals surface area (Å²) in [5.74, 6) is 0.997. The van der Waals surface area contributed by atoms with E-state index in [2.05, 4.69) is 30.8 Å². The first-order valence-electron chi connectivity index (χ1n) is 6.60. The van der Waals surface area contributed by atoms with Crippen LogP contribution in [-0.4, -0.2) is 30.5 Å². The largest absolute Gasteiger partial charge is 0.281 e. The van der Waals surface area contributed by atoms with E-state index in [0.29, 0.717) is 24.1 Å². The van der Waals surface area contributed by atoms with Gasteiger partial charge in [-0.15, -0.1) is 0 Å². The quantitative estimate of drug-likeness (QED) is 0.800. The minimum absolute atomic E-state index is 0.249. The first-order chi connectivity index (χ1) is 9.04. The fraction of sp³-hybridized carbons (Fsp3) is 0.750. The number of rotatable bonds is 5. The standard InChI is InChI=1S/C12H20BrN3O2S/c1-9-12(8-14-16-9)19(17,18)15-7-11-5-3-2-4-10(11)6-13/h8,10-11,15H,2-7H2,1H3,(H,14,16). The van der Waals surface area contributed by atoms with Crippen molar-refractivity contribution in [3.63, 3.8) is 0 Å². The number of aromatic amines is 1.